The van der Waals surface area contributed by atoms with Gasteiger partial charge in [-0.3, -0.25) is 0 Å². The van der Waals surface area contributed by atoms with Crippen LogP contribution in [0.4, 0.5) is 0 Å². The SMILES string of the molecule is C=Cc1ccc(COc2ccc(C3=NCCO3)cc2)cc1. The standard InChI is InChI=1S/C18H17NO2/c1-2-14-3-5-15(6-4-14)13-21-17-9-7-16(8-10-17)18-19-11-12-20-18/h2-10H,1,11-13H2. The van der Waals surface area contributed by atoms with Crippen LogP contribution in [0.25, 0.3) is 6.08 Å². The Kier molecular flexibility index (Phi) is 4.01. The van der Waals surface area contributed by atoms with Crippen LogP contribution in [0.15, 0.2) is 60.1 Å². The number of ether oxygens (including phenoxy) is 2. The molecule has 2 aromatic rings. The molecule has 2 aromatic carbocycles. The van der Waals surface area contributed by atoms with Gasteiger partial charge in [0.1, 0.15) is 19.0 Å². The summed E-state index contributed by atoms with van der Waals surface area (Å²) < 4.78 is 11.2. The van der Waals surface area contributed by atoms with Crippen LogP contribution in [0.3, 0.4) is 0 Å². The van der Waals surface area contributed by atoms with Crippen molar-refractivity contribution in [2.24, 2.45) is 4.99 Å². The molecule has 0 saturated heterocycles. The zero-order valence-electron chi connectivity index (χ0n) is 11.8. The van der Waals surface area contributed by atoms with E-state index < -0.39 is 0 Å². The van der Waals surface area contributed by atoms with Crippen LogP contribution < -0.4 is 4.74 Å². The van der Waals surface area contributed by atoms with E-state index in [-0.39, 0.29) is 0 Å². The summed E-state index contributed by atoms with van der Waals surface area (Å²) in [5.74, 6) is 1.56. The van der Waals surface area contributed by atoms with Gasteiger partial charge >= 0.3 is 0 Å². The number of nitrogens with zero attached hydrogens (tertiary/aromatic N) is 1. The summed E-state index contributed by atoms with van der Waals surface area (Å²) in [6.45, 7) is 5.71. The van der Waals surface area contributed by atoms with Gasteiger partial charge in [-0.05, 0) is 35.4 Å². The molecule has 0 bridgehead atoms. The second-order valence-corrected chi connectivity index (χ2v) is 4.79. The van der Waals surface area contributed by atoms with E-state index in [1.54, 1.807) is 0 Å². The van der Waals surface area contributed by atoms with E-state index in [1.807, 2.05) is 54.6 Å². The first-order valence-corrected chi connectivity index (χ1v) is 6.97. The molecule has 0 aliphatic carbocycles. The largest absolute Gasteiger partial charge is 0.489 e. The molecule has 1 aliphatic heterocycles. The van der Waals surface area contributed by atoms with Crippen LogP contribution >= 0.6 is 0 Å². The van der Waals surface area contributed by atoms with Crippen molar-refractivity contribution in [3.8, 4) is 5.75 Å². The summed E-state index contributed by atoms with van der Waals surface area (Å²) in [5, 5.41) is 0. The van der Waals surface area contributed by atoms with Crippen LogP contribution in [-0.2, 0) is 11.3 Å². The minimum absolute atomic E-state index is 0.550. The van der Waals surface area contributed by atoms with Gasteiger partial charge in [0.05, 0.1) is 6.54 Å². The second-order valence-electron chi connectivity index (χ2n) is 4.79. The topological polar surface area (TPSA) is 30.8 Å². The van der Waals surface area contributed by atoms with Crippen molar-refractivity contribution < 1.29 is 9.47 Å². The van der Waals surface area contributed by atoms with Gasteiger partial charge in [0.25, 0.3) is 0 Å². The lowest BCUT2D eigenvalue weighted by molar-refractivity contribution is 0.306. The first-order chi connectivity index (χ1) is 10.3. The molecule has 0 aromatic heterocycles. The first kappa shape index (κ1) is 13.4. The average Bonchev–Trinajstić information content (AvgIpc) is 3.08. The van der Waals surface area contributed by atoms with Crippen molar-refractivity contribution in [3.63, 3.8) is 0 Å². The molecule has 0 N–H and O–H groups in total. The van der Waals surface area contributed by atoms with Crippen molar-refractivity contribution in [1.82, 2.24) is 0 Å². The third-order valence-electron chi connectivity index (χ3n) is 3.31. The highest BCUT2D eigenvalue weighted by molar-refractivity contribution is 5.94. The molecule has 1 aliphatic rings. The summed E-state index contributed by atoms with van der Waals surface area (Å²) in [4.78, 5) is 4.29. The van der Waals surface area contributed by atoms with Crippen LogP contribution in [0.2, 0.25) is 0 Å². The van der Waals surface area contributed by atoms with Gasteiger partial charge in [0, 0.05) is 5.56 Å². The maximum atomic E-state index is 5.78. The Morgan fingerprint density at radius 3 is 2.48 bits per heavy atom. The normalized spacial score (nSPS) is 13.4. The van der Waals surface area contributed by atoms with E-state index in [0.29, 0.717) is 13.2 Å². The van der Waals surface area contributed by atoms with Gasteiger partial charge < -0.3 is 9.47 Å². The minimum Gasteiger partial charge on any atom is -0.489 e. The van der Waals surface area contributed by atoms with E-state index in [2.05, 4.69) is 11.6 Å². The molecule has 106 valence electrons. The molecule has 3 heteroatoms. The molecule has 0 radical (unpaired) electrons. The number of hydrogen-bond acceptors (Lipinski definition) is 3. The Balaban J connectivity index is 1.60. The molecular formula is C18H17NO2. The van der Waals surface area contributed by atoms with Crippen molar-refractivity contribution in [3.05, 3.63) is 71.8 Å². The monoisotopic (exact) mass is 279 g/mol. The van der Waals surface area contributed by atoms with Crippen molar-refractivity contribution in [1.29, 1.82) is 0 Å². The summed E-state index contributed by atoms with van der Waals surface area (Å²) in [7, 11) is 0. The minimum atomic E-state index is 0.550. The summed E-state index contributed by atoms with van der Waals surface area (Å²) in [6.07, 6.45) is 1.83. The molecule has 3 nitrogen and oxygen atoms in total. The lowest BCUT2D eigenvalue weighted by atomic mass is 10.1. The molecule has 0 saturated carbocycles. The zero-order chi connectivity index (χ0) is 14.5. The second kappa shape index (κ2) is 6.27. The van der Waals surface area contributed by atoms with Crippen molar-refractivity contribution in [2.45, 2.75) is 6.61 Å². The van der Waals surface area contributed by atoms with E-state index in [1.165, 1.54) is 0 Å². The summed E-state index contributed by atoms with van der Waals surface area (Å²) in [5.41, 5.74) is 3.24. The van der Waals surface area contributed by atoms with Crippen LogP contribution in [0.1, 0.15) is 16.7 Å². The smallest absolute Gasteiger partial charge is 0.216 e. The quantitative estimate of drug-likeness (QED) is 0.835. The first-order valence-electron chi connectivity index (χ1n) is 6.97. The van der Waals surface area contributed by atoms with Gasteiger partial charge in [-0.15, -0.1) is 0 Å². The Morgan fingerprint density at radius 1 is 1.10 bits per heavy atom. The maximum absolute atomic E-state index is 5.78. The molecule has 0 amide bonds. The van der Waals surface area contributed by atoms with Crippen molar-refractivity contribution in [2.75, 3.05) is 13.2 Å². The van der Waals surface area contributed by atoms with E-state index in [0.717, 1.165) is 34.9 Å². The molecule has 0 atom stereocenters. The van der Waals surface area contributed by atoms with Crippen LogP contribution in [0, 0.1) is 0 Å². The zero-order valence-corrected chi connectivity index (χ0v) is 11.8. The number of benzene rings is 2. The maximum Gasteiger partial charge on any atom is 0.216 e. The Hall–Kier alpha value is -2.55. The van der Waals surface area contributed by atoms with Gasteiger partial charge in [-0.2, -0.15) is 0 Å². The van der Waals surface area contributed by atoms with Crippen LogP contribution in [-0.4, -0.2) is 19.0 Å². The highest BCUT2D eigenvalue weighted by atomic mass is 16.5. The number of aliphatic imine (C=N–C) groups is 1. The van der Waals surface area contributed by atoms with Gasteiger partial charge in [0.15, 0.2) is 0 Å². The van der Waals surface area contributed by atoms with Gasteiger partial charge in [-0.1, -0.05) is 36.9 Å². The lowest BCUT2D eigenvalue weighted by Crippen LogP contribution is -2.01. The van der Waals surface area contributed by atoms with Crippen LogP contribution in [0.5, 0.6) is 5.75 Å². The molecule has 0 fully saturated rings. The predicted octanol–water partition coefficient (Wildman–Crippen LogP) is 3.69. The molecule has 1 heterocycles. The summed E-state index contributed by atoms with van der Waals surface area (Å²) >= 11 is 0. The fourth-order valence-corrected chi connectivity index (χ4v) is 2.12. The average molecular weight is 279 g/mol. The Labute approximate surface area is 124 Å². The lowest BCUT2D eigenvalue weighted by Gasteiger charge is -2.08. The third-order valence-corrected chi connectivity index (χ3v) is 3.31. The molecule has 3 rings (SSSR count). The third kappa shape index (κ3) is 3.31. The molecular weight excluding hydrogens is 262 g/mol. The number of hydrogen-bond donors (Lipinski definition) is 0. The van der Waals surface area contributed by atoms with Gasteiger partial charge in [-0.25, -0.2) is 4.99 Å². The number of rotatable bonds is 5. The molecule has 0 spiro atoms. The fourth-order valence-electron chi connectivity index (χ4n) is 2.12. The van der Waals surface area contributed by atoms with E-state index in [9.17, 15) is 0 Å². The van der Waals surface area contributed by atoms with E-state index >= 15 is 0 Å². The Morgan fingerprint density at radius 2 is 1.86 bits per heavy atom. The molecule has 21 heavy (non-hydrogen) atoms. The van der Waals surface area contributed by atoms with Crippen molar-refractivity contribution >= 4 is 12.0 Å². The molecule has 0 unspecified atom stereocenters. The van der Waals surface area contributed by atoms with Gasteiger partial charge in [0.2, 0.25) is 5.90 Å². The Bertz CT molecular complexity index is 642. The highest BCUT2D eigenvalue weighted by Crippen LogP contribution is 2.16. The predicted molar refractivity (Wildman–Crippen MR) is 84.7 cm³/mol. The fraction of sp³-hybridized carbons (Fsp3) is 0.167. The van der Waals surface area contributed by atoms with E-state index in [4.69, 9.17) is 9.47 Å². The highest BCUT2D eigenvalue weighted by Gasteiger charge is 2.09. The summed E-state index contributed by atoms with van der Waals surface area (Å²) in [6, 6.07) is 16.0.